The van der Waals surface area contributed by atoms with Crippen LogP contribution in [-0.2, 0) is 0 Å². The zero-order chi connectivity index (χ0) is 14.3. The quantitative estimate of drug-likeness (QED) is 0.767. The molecule has 0 bridgehead atoms. The molecular weight excluding hydrogens is 234 g/mol. The van der Waals surface area contributed by atoms with Crippen molar-refractivity contribution in [2.45, 2.75) is 53.5 Å². The zero-order valence-corrected chi connectivity index (χ0v) is 11.9. The molecule has 1 aromatic carbocycles. The minimum atomic E-state index is -0.659. The molecule has 0 spiro atoms. The highest BCUT2D eigenvalue weighted by Gasteiger charge is 2.23. The third-order valence-electron chi connectivity index (χ3n) is 2.42. The molecule has 4 heteroatoms. The van der Waals surface area contributed by atoms with Crippen molar-refractivity contribution in [3.05, 3.63) is 23.3 Å². The average Bonchev–Trinajstić information content (AvgIpc) is 3.22. The molecule has 1 aromatic rings. The van der Waals surface area contributed by atoms with Crippen LogP contribution in [0.3, 0.4) is 0 Å². The number of rotatable bonds is 2. The molecule has 0 amide bonds. The van der Waals surface area contributed by atoms with Crippen LogP contribution in [0.15, 0.2) is 6.07 Å². The molecule has 1 aliphatic rings. The molecule has 0 saturated heterocycles. The van der Waals surface area contributed by atoms with Gasteiger partial charge in [0.05, 0.1) is 11.4 Å². The normalized spacial score (nSPS) is 12.8. The van der Waals surface area contributed by atoms with Crippen molar-refractivity contribution < 1.29 is 8.78 Å². The summed E-state index contributed by atoms with van der Waals surface area (Å²) < 4.78 is 26.5. The molecule has 0 radical (unpaired) electrons. The van der Waals surface area contributed by atoms with Crippen LogP contribution in [0.5, 0.6) is 0 Å². The molecule has 1 fully saturated rings. The molecule has 1 aliphatic carbocycles. The van der Waals surface area contributed by atoms with Crippen LogP contribution in [0, 0.1) is 18.6 Å². The molecule has 1 saturated carbocycles. The van der Waals surface area contributed by atoms with Crippen LogP contribution in [0.25, 0.3) is 0 Å². The summed E-state index contributed by atoms with van der Waals surface area (Å²) >= 11 is 0. The van der Waals surface area contributed by atoms with Crippen LogP contribution < -0.4 is 11.1 Å². The summed E-state index contributed by atoms with van der Waals surface area (Å²) in [5, 5.41) is 2.99. The van der Waals surface area contributed by atoms with Gasteiger partial charge in [0.2, 0.25) is 0 Å². The monoisotopic (exact) mass is 258 g/mol. The first-order chi connectivity index (χ1) is 8.59. The lowest BCUT2D eigenvalue weighted by Gasteiger charge is -2.11. The van der Waals surface area contributed by atoms with E-state index in [1.165, 1.54) is 13.0 Å². The molecule has 2 nitrogen and oxygen atoms in total. The minimum absolute atomic E-state index is 0.0100. The Hall–Kier alpha value is -1.32. The fourth-order valence-electron chi connectivity index (χ4n) is 1.30. The molecule has 0 unspecified atom stereocenters. The fraction of sp³-hybridized carbons (Fsp3) is 0.571. The van der Waals surface area contributed by atoms with Gasteiger partial charge in [-0.3, -0.25) is 0 Å². The predicted molar refractivity (Wildman–Crippen MR) is 74.8 cm³/mol. The van der Waals surface area contributed by atoms with Gasteiger partial charge in [-0.1, -0.05) is 27.7 Å². The molecule has 3 N–H and O–H groups in total. The van der Waals surface area contributed by atoms with Crippen molar-refractivity contribution >= 4 is 11.4 Å². The Morgan fingerprint density at radius 2 is 1.67 bits per heavy atom. The van der Waals surface area contributed by atoms with Gasteiger partial charge in [0.15, 0.2) is 5.82 Å². The summed E-state index contributed by atoms with van der Waals surface area (Å²) in [5.74, 6) is -1.21. The first-order valence-corrected chi connectivity index (χ1v) is 6.60. The van der Waals surface area contributed by atoms with Crippen molar-refractivity contribution in [2.24, 2.45) is 0 Å². The van der Waals surface area contributed by atoms with Gasteiger partial charge in [0, 0.05) is 11.6 Å². The lowest BCUT2D eigenvalue weighted by Crippen LogP contribution is -2.07. The number of nitrogen functional groups attached to an aromatic ring is 1. The first kappa shape index (κ1) is 16.7. The van der Waals surface area contributed by atoms with Crippen molar-refractivity contribution in [3.8, 4) is 0 Å². The largest absolute Gasteiger partial charge is 0.395 e. The highest BCUT2D eigenvalue weighted by molar-refractivity contribution is 5.68. The van der Waals surface area contributed by atoms with E-state index in [-0.39, 0.29) is 11.3 Å². The predicted octanol–water partition coefficient (Wildman–Crippen LogP) is 4.48. The third kappa shape index (κ3) is 4.17. The molecule has 104 valence electrons. The second kappa shape index (κ2) is 7.90. The van der Waals surface area contributed by atoms with Crippen molar-refractivity contribution in [1.82, 2.24) is 0 Å². The highest BCUT2D eigenvalue weighted by Crippen LogP contribution is 2.31. The lowest BCUT2D eigenvalue weighted by atomic mass is 10.1. The van der Waals surface area contributed by atoms with E-state index in [9.17, 15) is 8.78 Å². The Labute approximate surface area is 109 Å². The van der Waals surface area contributed by atoms with Crippen LogP contribution >= 0.6 is 0 Å². The van der Waals surface area contributed by atoms with Gasteiger partial charge in [0.1, 0.15) is 5.82 Å². The lowest BCUT2D eigenvalue weighted by molar-refractivity contribution is 0.572. The van der Waals surface area contributed by atoms with E-state index in [4.69, 9.17) is 5.73 Å². The zero-order valence-electron chi connectivity index (χ0n) is 11.9. The average molecular weight is 258 g/mol. The van der Waals surface area contributed by atoms with Crippen LogP contribution in [0.4, 0.5) is 20.2 Å². The van der Waals surface area contributed by atoms with Crippen LogP contribution in [0.1, 0.15) is 46.1 Å². The van der Waals surface area contributed by atoms with E-state index in [0.717, 1.165) is 12.8 Å². The van der Waals surface area contributed by atoms with Gasteiger partial charge < -0.3 is 11.1 Å². The Kier molecular flexibility index (Phi) is 7.32. The molecular formula is C14H24F2N2. The SMILES string of the molecule is CC.CC.Cc1c(F)cc(NC2CC2)c(N)c1F. The highest BCUT2D eigenvalue weighted by atomic mass is 19.1. The van der Waals surface area contributed by atoms with E-state index in [1.807, 2.05) is 27.7 Å². The van der Waals surface area contributed by atoms with Gasteiger partial charge in [-0.05, 0) is 25.8 Å². The number of halogens is 2. The number of hydrogen-bond donors (Lipinski definition) is 2. The molecule has 2 rings (SSSR count). The standard InChI is InChI=1S/C10H12F2N2.2C2H6/c1-5-7(11)4-8(10(13)9(5)12)14-6-2-3-6;2*1-2/h4,6,14H,2-3,13H2,1H3;2*1-2H3. The van der Waals surface area contributed by atoms with Crippen LogP contribution in [-0.4, -0.2) is 6.04 Å². The first-order valence-electron chi connectivity index (χ1n) is 6.60. The summed E-state index contributed by atoms with van der Waals surface area (Å²) in [5.41, 5.74) is 5.88. The van der Waals surface area contributed by atoms with Gasteiger partial charge in [0.25, 0.3) is 0 Å². The van der Waals surface area contributed by atoms with E-state index in [0.29, 0.717) is 11.7 Å². The topological polar surface area (TPSA) is 38.0 Å². The summed E-state index contributed by atoms with van der Waals surface area (Å²) in [7, 11) is 0. The summed E-state index contributed by atoms with van der Waals surface area (Å²) in [6, 6.07) is 1.59. The third-order valence-corrected chi connectivity index (χ3v) is 2.42. The maximum absolute atomic E-state index is 13.3. The number of nitrogens with two attached hydrogens (primary N) is 1. The Morgan fingerprint density at radius 1 is 1.17 bits per heavy atom. The fourth-order valence-corrected chi connectivity index (χ4v) is 1.30. The second-order valence-electron chi connectivity index (χ2n) is 3.68. The van der Waals surface area contributed by atoms with E-state index < -0.39 is 11.6 Å². The smallest absolute Gasteiger partial charge is 0.154 e. The van der Waals surface area contributed by atoms with E-state index >= 15 is 0 Å². The maximum atomic E-state index is 13.3. The Bertz CT molecular complexity index is 375. The number of anilines is 2. The second-order valence-corrected chi connectivity index (χ2v) is 3.68. The summed E-state index contributed by atoms with van der Waals surface area (Å²) in [6.45, 7) is 9.38. The number of benzene rings is 1. The molecule has 0 heterocycles. The summed E-state index contributed by atoms with van der Waals surface area (Å²) in [4.78, 5) is 0. The minimum Gasteiger partial charge on any atom is -0.395 e. The van der Waals surface area contributed by atoms with Crippen molar-refractivity contribution in [2.75, 3.05) is 11.1 Å². The molecule has 18 heavy (non-hydrogen) atoms. The van der Waals surface area contributed by atoms with E-state index in [2.05, 4.69) is 5.32 Å². The number of hydrogen-bond acceptors (Lipinski definition) is 2. The van der Waals surface area contributed by atoms with Crippen LogP contribution in [0.2, 0.25) is 0 Å². The molecule has 0 aromatic heterocycles. The van der Waals surface area contributed by atoms with Gasteiger partial charge in [-0.2, -0.15) is 0 Å². The Morgan fingerprint density at radius 3 is 2.11 bits per heavy atom. The Balaban J connectivity index is 0.000000659. The van der Waals surface area contributed by atoms with Gasteiger partial charge in [-0.15, -0.1) is 0 Å². The molecule has 0 aliphatic heterocycles. The maximum Gasteiger partial charge on any atom is 0.154 e. The van der Waals surface area contributed by atoms with Gasteiger partial charge in [-0.25, -0.2) is 8.78 Å². The van der Waals surface area contributed by atoms with Crippen molar-refractivity contribution in [3.63, 3.8) is 0 Å². The van der Waals surface area contributed by atoms with Gasteiger partial charge >= 0.3 is 0 Å². The van der Waals surface area contributed by atoms with E-state index in [1.54, 1.807) is 0 Å². The molecule has 0 atom stereocenters. The number of nitrogens with one attached hydrogen (secondary N) is 1. The van der Waals surface area contributed by atoms with Crippen molar-refractivity contribution in [1.29, 1.82) is 0 Å². The summed E-state index contributed by atoms with van der Waals surface area (Å²) in [6.07, 6.45) is 2.08.